The lowest BCUT2D eigenvalue weighted by Crippen LogP contribution is -2.70. The van der Waals surface area contributed by atoms with Gasteiger partial charge in [0.15, 0.2) is 0 Å². The SMILES string of the molecule is C[C@@H]1[C@H](NC(=O)C(N=[N+]=[N-])c2ccccc2)C(=O)N1c1nn[nH]n1. The Balaban J connectivity index is 1.72. The van der Waals surface area contributed by atoms with Gasteiger partial charge in [-0.25, -0.2) is 0 Å². The van der Waals surface area contributed by atoms with Crippen LogP contribution in [0.4, 0.5) is 5.95 Å². The Morgan fingerprint density at radius 1 is 1.46 bits per heavy atom. The third-order valence-corrected chi connectivity index (χ3v) is 3.77. The van der Waals surface area contributed by atoms with Crippen LogP contribution in [0.1, 0.15) is 18.5 Å². The third kappa shape index (κ3) is 2.63. The highest BCUT2D eigenvalue weighted by molar-refractivity contribution is 6.06. The van der Waals surface area contributed by atoms with E-state index in [4.69, 9.17) is 5.53 Å². The molecule has 2 N–H and O–H groups in total. The van der Waals surface area contributed by atoms with Crippen molar-refractivity contribution in [2.45, 2.75) is 25.0 Å². The van der Waals surface area contributed by atoms with Gasteiger partial charge in [0.25, 0.3) is 11.9 Å². The second-order valence-corrected chi connectivity index (χ2v) is 5.17. The highest BCUT2D eigenvalue weighted by Crippen LogP contribution is 2.25. The maximum atomic E-state index is 12.4. The van der Waals surface area contributed by atoms with Gasteiger partial charge in [0.2, 0.25) is 5.91 Å². The van der Waals surface area contributed by atoms with Crippen molar-refractivity contribution in [1.29, 1.82) is 0 Å². The summed E-state index contributed by atoms with van der Waals surface area (Å²) < 4.78 is 0. The quantitative estimate of drug-likeness (QED) is 0.354. The van der Waals surface area contributed by atoms with E-state index in [0.717, 1.165) is 0 Å². The summed E-state index contributed by atoms with van der Waals surface area (Å²) in [6.07, 6.45) is 0. The highest BCUT2D eigenvalue weighted by Gasteiger charge is 2.48. The number of carbonyl (C=O) groups is 2. The van der Waals surface area contributed by atoms with Gasteiger partial charge in [0, 0.05) is 4.91 Å². The molecule has 3 rings (SSSR count). The van der Waals surface area contributed by atoms with Crippen molar-refractivity contribution in [3.05, 3.63) is 46.3 Å². The molecule has 24 heavy (non-hydrogen) atoms. The number of azide groups is 1. The Morgan fingerprint density at radius 2 is 2.21 bits per heavy atom. The van der Waals surface area contributed by atoms with Crippen LogP contribution >= 0.6 is 0 Å². The molecule has 11 nitrogen and oxygen atoms in total. The zero-order valence-electron chi connectivity index (χ0n) is 12.6. The minimum absolute atomic E-state index is 0.146. The van der Waals surface area contributed by atoms with Crippen molar-refractivity contribution in [3.63, 3.8) is 0 Å². The largest absolute Gasteiger partial charge is 0.342 e. The molecule has 0 bridgehead atoms. The topological polar surface area (TPSA) is 153 Å². The summed E-state index contributed by atoms with van der Waals surface area (Å²) >= 11 is 0. The van der Waals surface area contributed by atoms with Crippen molar-refractivity contribution in [2.75, 3.05) is 4.90 Å². The summed E-state index contributed by atoms with van der Waals surface area (Å²) in [7, 11) is 0. The fourth-order valence-corrected chi connectivity index (χ4v) is 2.54. The van der Waals surface area contributed by atoms with Crippen LogP contribution in [0.3, 0.4) is 0 Å². The molecule has 1 unspecified atom stereocenters. The Labute approximate surface area is 135 Å². The Kier molecular flexibility index (Phi) is 4.08. The minimum atomic E-state index is -1.05. The molecule has 122 valence electrons. The Hall–Kier alpha value is -3.46. The molecule has 1 fully saturated rings. The average molecular weight is 327 g/mol. The number of H-pyrrole nitrogens is 1. The second-order valence-electron chi connectivity index (χ2n) is 5.17. The number of rotatable bonds is 5. The minimum Gasteiger partial charge on any atom is -0.342 e. The molecule has 2 amide bonds. The second kappa shape index (κ2) is 6.34. The number of aromatic amines is 1. The van der Waals surface area contributed by atoms with E-state index in [1.54, 1.807) is 37.3 Å². The molecule has 0 aliphatic carbocycles. The van der Waals surface area contributed by atoms with Crippen LogP contribution in [0.2, 0.25) is 0 Å². The Morgan fingerprint density at radius 3 is 2.79 bits per heavy atom. The first-order valence-corrected chi connectivity index (χ1v) is 7.09. The molecular weight excluding hydrogens is 314 g/mol. The van der Waals surface area contributed by atoms with E-state index in [0.29, 0.717) is 5.56 Å². The van der Waals surface area contributed by atoms with Gasteiger partial charge < -0.3 is 5.32 Å². The van der Waals surface area contributed by atoms with Gasteiger partial charge in [-0.1, -0.05) is 40.5 Å². The first-order valence-electron chi connectivity index (χ1n) is 7.09. The molecule has 1 aliphatic heterocycles. The van der Waals surface area contributed by atoms with E-state index < -0.39 is 18.0 Å². The van der Waals surface area contributed by atoms with Crippen molar-refractivity contribution < 1.29 is 9.59 Å². The van der Waals surface area contributed by atoms with Crippen LogP contribution in [-0.2, 0) is 9.59 Å². The zero-order chi connectivity index (χ0) is 17.1. The molecule has 2 heterocycles. The number of β-lactam (4-membered cyclic amide) rings is 1. The van der Waals surface area contributed by atoms with Gasteiger partial charge in [-0.05, 0) is 23.2 Å². The fraction of sp³-hybridized carbons (Fsp3) is 0.308. The van der Waals surface area contributed by atoms with E-state index in [-0.39, 0.29) is 17.9 Å². The van der Waals surface area contributed by atoms with E-state index in [1.165, 1.54) is 4.90 Å². The summed E-state index contributed by atoms with van der Waals surface area (Å²) in [4.78, 5) is 28.7. The standard InChI is InChI=1S/C13H13N9O2/c1-7-9(12(24)22(7)13-17-20-21-18-13)15-11(23)10(16-19-14)8-5-3-2-4-6-8/h2-7,9-10H,1H3,(H,15,23)(H,17,18,20,21)/t7-,9+,10?/m1/s1. The van der Waals surface area contributed by atoms with Crippen molar-refractivity contribution >= 4 is 17.8 Å². The van der Waals surface area contributed by atoms with Gasteiger partial charge >= 0.3 is 0 Å². The molecule has 2 aromatic rings. The molecule has 0 radical (unpaired) electrons. The van der Waals surface area contributed by atoms with Crippen LogP contribution in [0.15, 0.2) is 35.4 Å². The van der Waals surface area contributed by atoms with Crippen molar-refractivity contribution in [3.8, 4) is 0 Å². The van der Waals surface area contributed by atoms with E-state index in [1.807, 2.05) is 0 Å². The number of hydrogen-bond donors (Lipinski definition) is 2. The van der Waals surface area contributed by atoms with Crippen molar-refractivity contribution in [1.82, 2.24) is 25.9 Å². The Bertz CT molecular complexity index is 785. The number of carbonyl (C=O) groups excluding carboxylic acids is 2. The molecular formula is C13H13N9O2. The molecule has 0 saturated carbocycles. The lowest BCUT2D eigenvalue weighted by Gasteiger charge is -2.43. The first-order chi connectivity index (χ1) is 11.6. The van der Waals surface area contributed by atoms with Crippen LogP contribution in [0.5, 0.6) is 0 Å². The van der Waals surface area contributed by atoms with Gasteiger partial charge in [0.1, 0.15) is 12.1 Å². The molecule has 3 atom stereocenters. The van der Waals surface area contributed by atoms with Gasteiger partial charge in [0.05, 0.1) is 6.04 Å². The number of nitrogens with one attached hydrogen (secondary N) is 2. The molecule has 1 saturated heterocycles. The predicted octanol–water partition coefficient (Wildman–Crippen LogP) is 0.471. The van der Waals surface area contributed by atoms with Gasteiger partial charge in [-0.3, -0.25) is 14.5 Å². The number of hydrogen-bond acceptors (Lipinski definition) is 6. The number of tetrazole rings is 1. The molecule has 0 spiro atoms. The summed E-state index contributed by atoms with van der Waals surface area (Å²) in [5, 5.41) is 19.3. The lowest BCUT2D eigenvalue weighted by molar-refractivity contribution is -0.133. The highest BCUT2D eigenvalue weighted by atomic mass is 16.2. The lowest BCUT2D eigenvalue weighted by atomic mass is 9.96. The normalized spacial score (nSPS) is 20.7. The number of amides is 2. The van der Waals surface area contributed by atoms with E-state index in [2.05, 4.69) is 36.0 Å². The number of aromatic nitrogens is 4. The molecule has 1 aromatic heterocycles. The van der Waals surface area contributed by atoms with Gasteiger partial charge in [-0.2, -0.15) is 5.21 Å². The summed E-state index contributed by atoms with van der Waals surface area (Å²) in [5.74, 6) is -0.755. The average Bonchev–Trinajstić information content (AvgIpc) is 3.12. The predicted molar refractivity (Wildman–Crippen MR) is 81.4 cm³/mol. The molecule has 1 aliphatic rings. The number of benzene rings is 1. The van der Waals surface area contributed by atoms with Crippen LogP contribution in [-0.4, -0.2) is 44.5 Å². The smallest absolute Gasteiger partial charge is 0.272 e. The summed E-state index contributed by atoms with van der Waals surface area (Å²) in [5.41, 5.74) is 9.24. The zero-order valence-corrected chi connectivity index (χ0v) is 12.6. The fourth-order valence-electron chi connectivity index (χ4n) is 2.54. The molecule has 11 heteroatoms. The first kappa shape index (κ1) is 15.4. The number of nitrogens with zero attached hydrogens (tertiary/aromatic N) is 7. The maximum Gasteiger partial charge on any atom is 0.272 e. The number of anilines is 1. The van der Waals surface area contributed by atoms with E-state index >= 15 is 0 Å². The third-order valence-electron chi connectivity index (χ3n) is 3.77. The van der Waals surface area contributed by atoms with Crippen LogP contribution in [0, 0.1) is 0 Å². The maximum absolute atomic E-state index is 12.4. The van der Waals surface area contributed by atoms with Crippen molar-refractivity contribution in [2.24, 2.45) is 5.11 Å². The summed E-state index contributed by atoms with van der Waals surface area (Å²) in [6, 6.07) is 6.48. The van der Waals surface area contributed by atoms with Crippen LogP contribution < -0.4 is 10.2 Å². The monoisotopic (exact) mass is 327 g/mol. The summed E-state index contributed by atoms with van der Waals surface area (Å²) in [6.45, 7) is 1.74. The van der Waals surface area contributed by atoms with Gasteiger partial charge in [-0.15, -0.1) is 5.10 Å². The van der Waals surface area contributed by atoms with Crippen LogP contribution in [0.25, 0.3) is 10.4 Å². The molecule has 1 aromatic carbocycles. The van der Waals surface area contributed by atoms with E-state index in [9.17, 15) is 9.59 Å².